The average molecular weight is 276 g/mol. The molecule has 0 bridgehead atoms. The third-order valence-corrected chi connectivity index (χ3v) is 5.11. The van der Waals surface area contributed by atoms with E-state index in [2.05, 4.69) is 26.0 Å². The first-order valence-electron chi connectivity index (χ1n) is 5.85. The highest BCUT2D eigenvalue weighted by atomic mass is 32.2. The van der Waals surface area contributed by atoms with Gasteiger partial charge < -0.3 is 0 Å². The van der Waals surface area contributed by atoms with Crippen molar-refractivity contribution in [1.29, 1.82) is 0 Å². The molecule has 0 saturated carbocycles. The summed E-state index contributed by atoms with van der Waals surface area (Å²) in [4.78, 5) is 12.2. The molecular weight excluding hydrogens is 260 g/mol. The number of carbonyl (C=O) groups is 1. The summed E-state index contributed by atoms with van der Waals surface area (Å²) in [7, 11) is 0. The molecule has 2 aromatic rings. The molecule has 0 radical (unpaired) electrons. The van der Waals surface area contributed by atoms with Crippen LogP contribution < -0.4 is 0 Å². The van der Waals surface area contributed by atoms with Crippen molar-refractivity contribution in [3.63, 3.8) is 0 Å². The Kier molecular flexibility index (Phi) is 4.25. The Labute approximate surface area is 116 Å². The highest BCUT2D eigenvalue weighted by Gasteiger charge is 2.11. The molecule has 0 N–H and O–H groups in total. The third kappa shape index (κ3) is 3.03. The van der Waals surface area contributed by atoms with Crippen molar-refractivity contribution in [2.75, 3.05) is 5.75 Å². The summed E-state index contributed by atoms with van der Waals surface area (Å²) >= 11 is 3.30. The van der Waals surface area contributed by atoms with Crippen LogP contribution in [0.15, 0.2) is 33.9 Å². The first-order chi connectivity index (χ1) is 8.58. The van der Waals surface area contributed by atoms with Crippen LogP contribution in [-0.4, -0.2) is 11.5 Å². The number of benzene rings is 1. The fourth-order valence-corrected chi connectivity index (χ4v) is 3.49. The Bertz CT molecular complexity index is 556. The molecule has 94 valence electrons. The minimum atomic E-state index is 0.217. The Morgan fingerprint density at radius 1 is 1.17 bits per heavy atom. The van der Waals surface area contributed by atoms with Crippen molar-refractivity contribution in [3.05, 3.63) is 51.9 Å². The minimum Gasteiger partial charge on any atom is -0.293 e. The van der Waals surface area contributed by atoms with Crippen LogP contribution in [0.3, 0.4) is 0 Å². The molecule has 0 aliphatic rings. The molecule has 1 aromatic carbocycles. The number of hydrogen-bond donors (Lipinski definition) is 0. The van der Waals surface area contributed by atoms with Crippen molar-refractivity contribution in [1.82, 2.24) is 0 Å². The van der Waals surface area contributed by atoms with Crippen LogP contribution in [0.4, 0.5) is 0 Å². The SMILES string of the molecule is Cc1cc(C)c(C(=O)CSc2cccs2)cc1C. The van der Waals surface area contributed by atoms with Gasteiger partial charge in [-0.25, -0.2) is 0 Å². The fourth-order valence-electron chi connectivity index (χ4n) is 1.82. The second-order valence-electron chi connectivity index (χ2n) is 4.40. The van der Waals surface area contributed by atoms with Gasteiger partial charge in [0.1, 0.15) is 0 Å². The van der Waals surface area contributed by atoms with Crippen molar-refractivity contribution in [2.24, 2.45) is 0 Å². The summed E-state index contributed by atoms with van der Waals surface area (Å²) in [6.07, 6.45) is 0. The maximum absolute atomic E-state index is 12.2. The molecule has 1 heterocycles. The summed E-state index contributed by atoms with van der Waals surface area (Å²) < 4.78 is 1.20. The quantitative estimate of drug-likeness (QED) is 0.597. The lowest BCUT2D eigenvalue weighted by Gasteiger charge is -2.08. The Morgan fingerprint density at radius 3 is 2.56 bits per heavy atom. The van der Waals surface area contributed by atoms with Crippen molar-refractivity contribution < 1.29 is 4.79 Å². The molecule has 0 atom stereocenters. The van der Waals surface area contributed by atoms with Crippen LogP contribution in [0.2, 0.25) is 0 Å². The van der Waals surface area contributed by atoms with E-state index >= 15 is 0 Å². The van der Waals surface area contributed by atoms with Gasteiger partial charge in [-0.15, -0.1) is 23.1 Å². The summed E-state index contributed by atoms with van der Waals surface area (Å²) in [6, 6.07) is 8.18. The van der Waals surface area contributed by atoms with E-state index in [1.165, 1.54) is 15.3 Å². The number of hydrogen-bond acceptors (Lipinski definition) is 3. The van der Waals surface area contributed by atoms with Gasteiger partial charge in [0.15, 0.2) is 5.78 Å². The molecule has 0 aliphatic heterocycles. The van der Waals surface area contributed by atoms with Crippen molar-refractivity contribution in [2.45, 2.75) is 25.0 Å². The molecule has 1 nitrogen and oxygen atoms in total. The summed E-state index contributed by atoms with van der Waals surface area (Å²) in [5, 5.41) is 2.04. The van der Waals surface area contributed by atoms with Gasteiger partial charge in [-0.2, -0.15) is 0 Å². The lowest BCUT2D eigenvalue weighted by Crippen LogP contribution is -2.05. The van der Waals surface area contributed by atoms with E-state index in [1.807, 2.05) is 24.4 Å². The largest absolute Gasteiger partial charge is 0.293 e. The number of thioether (sulfide) groups is 1. The number of ketones is 1. The fraction of sp³-hybridized carbons (Fsp3) is 0.267. The molecule has 18 heavy (non-hydrogen) atoms. The van der Waals surface area contributed by atoms with Crippen LogP contribution in [0.5, 0.6) is 0 Å². The molecule has 1 aromatic heterocycles. The van der Waals surface area contributed by atoms with E-state index in [0.29, 0.717) is 5.75 Å². The van der Waals surface area contributed by atoms with Gasteiger partial charge >= 0.3 is 0 Å². The Balaban J connectivity index is 2.11. The predicted molar refractivity (Wildman–Crippen MR) is 80.0 cm³/mol. The number of Topliss-reactive ketones (excluding diaryl/α,β-unsaturated/α-hetero) is 1. The predicted octanol–water partition coefficient (Wildman–Crippen LogP) is 4.65. The lowest BCUT2D eigenvalue weighted by atomic mass is 9.99. The van der Waals surface area contributed by atoms with Gasteiger partial charge in [-0.3, -0.25) is 4.79 Å². The smallest absolute Gasteiger partial charge is 0.173 e. The number of aryl methyl sites for hydroxylation is 3. The lowest BCUT2D eigenvalue weighted by molar-refractivity contribution is 0.102. The highest BCUT2D eigenvalue weighted by molar-refractivity contribution is 8.01. The second-order valence-corrected chi connectivity index (χ2v) is 6.62. The molecule has 0 spiro atoms. The van der Waals surface area contributed by atoms with Crippen molar-refractivity contribution >= 4 is 28.9 Å². The van der Waals surface area contributed by atoms with E-state index < -0.39 is 0 Å². The molecule has 0 amide bonds. The van der Waals surface area contributed by atoms with Crippen LogP contribution >= 0.6 is 23.1 Å². The summed E-state index contributed by atoms with van der Waals surface area (Å²) in [6.45, 7) is 6.14. The van der Waals surface area contributed by atoms with E-state index in [-0.39, 0.29) is 5.78 Å². The molecule has 2 rings (SSSR count). The van der Waals surface area contributed by atoms with Crippen LogP contribution in [0, 0.1) is 20.8 Å². The van der Waals surface area contributed by atoms with Gasteiger partial charge in [0.05, 0.1) is 9.96 Å². The standard InChI is InChI=1S/C15H16OS2/c1-10-7-12(3)13(8-11(10)2)14(16)9-18-15-5-4-6-17-15/h4-8H,9H2,1-3H3. The number of carbonyl (C=O) groups excluding carboxylic acids is 1. The molecule has 0 fully saturated rings. The number of thiophene rings is 1. The van der Waals surface area contributed by atoms with Gasteiger partial charge in [0.2, 0.25) is 0 Å². The minimum absolute atomic E-state index is 0.217. The van der Waals surface area contributed by atoms with Gasteiger partial charge in [-0.05, 0) is 55.0 Å². The van der Waals surface area contributed by atoms with E-state index in [9.17, 15) is 4.79 Å². The van der Waals surface area contributed by atoms with Crippen LogP contribution in [-0.2, 0) is 0 Å². The van der Waals surface area contributed by atoms with E-state index in [4.69, 9.17) is 0 Å². The van der Waals surface area contributed by atoms with E-state index in [1.54, 1.807) is 23.1 Å². The highest BCUT2D eigenvalue weighted by Crippen LogP contribution is 2.25. The molecule has 0 aliphatic carbocycles. The Morgan fingerprint density at radius 2 is 1.89 bits per heavy atom. The summed E-state index contributed by atoms with van der Waals surface area (Å²) in [5.41, 5.74) is 4.37. The zero-order valence-electron chi connectivity index (χ0n) is 10.8. The average Bonchev–Trinajstić information content (AvgIpc) is 2.84. The topological polar surface area (TPSA) is 17.1 Å². The van der Waals surface area contributed by atoms with Gasteiger partial charge in [0, 0.05) is 5.56 Å². The monoisotopic (exact) mass is 276 g/mol. The number of rotatable bonds is 4. The maximum Gasteiger partial charge on any atom is 0.173 e. The zero-order valence-corrected chi connectivity index (χ0v) is 12.5. The second kappa shape index (κ2) is 5.72. The summed E-state index contributed by atoms with van der Waals surface area (Å²) in [5.74, 6) is 0.734. The first-order valence-corrected chi connectivity index (χ1v) is 7.72. The zero-order chi connectivity index (χ0) is 13.1. The molecule has 0 saturated heterocycles. The molecular formula is C15H16OS2. The third-order valence-electron chi connectivity index (χ3n) is 2.98. The first kappa shape index (κ1) is 13.4. The van der Waals surface area contributed by atoms with E-state index in [0.717, 1.165) is 11.1 Å². The normalized spacial score (nSPS) is 10.6. The maximum atomic E-state index is 12.2. The van der Waals surface area contributed by atoms with Crippen LogP contribution in [0.25, 0.3) is 0 Å². The van der Waals surface area contributed by atoms with Gasteiger partial charge in [-0.1, -0.05) is 12.1 Å². The van der Waals surface area contributed by atoms with Crippen molar-refractivity contribution in [3.8, 4) is 0 Å². The molecule has 0 unspecified atom stereocenters. The van der Waals surface area contributed by atoms with Crippen LogP contribution in [0.1, 0.15) is 27.0 Å². The van der Waals surface area contributed by atoms with Gasteiger partial charge in [0.25, 0.3) is 0 Å². The molecule has 3 heteroatoms. The Hall–Kier alpha value is -1.06.